The zero-order valence-corrected chi connectivity index (χ0v) is 12.7. The van der Waals surface area contributed by atoms with E-state index in [2.05, 4.69) is 4.74 Å². The van der Waals surface area contributed by atoms with E-state index in [0.717, 1.165) is 0 Å². The Morgan fingerprint density at radius 2 is 2.00 bits per heavy atom. The van der Waals surface area contributed by atoms with Crippen molar-refractivity contribution in [3.63, 3.8) is 0 Å². The summed E-state index contributed by atoms with van der Waals surface area (Å²) in [5, 5.41) is 1.79. The number of methoxy groups -OCH3 is 3. The predicted octanol–water partition coefficient (Wildman–Crippen LogP) is 1.41. The van der Waals surface area contributed by atoms with Gasteiger partial charge in [-0.3, -0.25) is 9.59 Å². The number of rotatable bonds is 8. The van der Waals surface area contributed by atoms with Gasteiger partial charge in [-0.05, 0) is 11.4 Å². The number of esters is 1. The van der Waals surface area contributed by atoms with Crippen LogP contribution in [0.3, 0.4) is 0 Å². The van der Waals surface area contributed by atoms with Gasteiger partial charge in [0.25, 0.3) is 5.91 Å². The minimum absolute atomic E-state index is 0.152. The molecule has 0 saturated carbocycles. The van der Waals surface area contributed by atoms with E-state index < -0.39 is 0 Å². The van der Waals surface area contributed by atoms with Crippen LogP contribution in [0.5, 0.6) is 5.75 Å². The van der Waals surface area contributed by atoms with E-state index in [1.54, 1.807) is 23.5 Å². The zero-order valence-electron chi connectivity index (χ0n) is 11.9. The molecule has 1 aromatic rings. The number of carbonyl (C=O) groups excluding carboxylic acids is 2. The van der Waals surface area contributed by atoms with Gasteiger partial charge in [0.05, 0.1) is 27.2 Å². The van der Waals surface area contributed by atoms with Crippen LogP contribution in [0.25, 0.3) is 0 Å². The fraction of sp³-hybridized carbons (Fsp3) is 0.538. The highest BCUT2D eigenvalue weighted by molar-refractivity contribution is 7.12. The molecule has 1 heterocycles. The minimum Gasteiger partial charge on any atom is -0.495 e. The van der Waals surface area contributed by atoms with Gasteiger partial charge < -0.3 is 19.1 Å². The van der Waals surface area contributed by atoms with Gasteiger partial charge in [0.2, 0.25) is 0 Å². The molecular weight excluding hydrogens is 282 g/mol. The summed E-state index contributed by atoms with van der Waals surface area (Å²) in [4.78, 5) is 25.7. The summed E-state index contributed by atoms with van der Waals surface area (Å²) in [5.41, 5.74) is 0. The quantitative estimate of drug-likeness (QED) is 0.679. The standard InChI is InChI=1S/C13H19NO5S/c1-17-8-7-14(6-4-11(15)19-3)13(16)12-10(18-2)5-9-20-12/h5,9H,4,6-8H2,1-3H3. The molecule has 0 aliphatic rings. The van der Waals surface area contributed by atoms with Crippen LogP contribution in [0.15, 0.2) is 11.4 Å². The molecule has 0 N–H and O–H groups in total. The third-order valence-corrected chi connectivity index (χ3v) is 3.59. The first kappa shape index (κ1) is 16.5. The Balaban J connectivity index is 2.75. The number of ether oxygens (including phenoxy) is 3. The van der Waals surface area contributed by atoms with E-state index in [4.69, 9.17) is 9.47 Å². The van der Waals surface area contributed by atoms with Crippen molar-refractivity contribution in [2.75, 3.05) is 41.0 Å². The van der Waals surface area contributed by atoms with E-state index in [1.807, 2.05) is 0 Å². The second kappa shape index (κ2) is 8.55. The average molecular weight is 301 g/mol. The summed E-state index contributed by atoms with van der Waals surface area (Å²) < 4.78 is 14.7. The molecule has 1 rings (SSSR count). The van der Waals surface area contributed by atoms with Crippen LogP contribution in [-0.2, 0) is 14.3 Å². The van der Waals surface area contributed by atoms with Gasteiger partial charge in [-0.2, -0.15) is 0 Å². The van der Waals surface area contributed by atoms with Crippen molar-refractivity contribution in [2.45, 2.75) is 6.42 Å². The minimum atomic E-state index is -0.349. The molecule has 7 heteroatoms. The maximum absolute atomic E-state index is 12.4. The van der Waals surface area contributed by atoms with Crippen molar-refractivity contribution in [1.82, 2.24) is 4.90 Å². The second-order valence-corrected chi connectivity index (χ2v) is 4.85. The van der Waals surface area contributed by atoms with E-state index in [0.29, 0.717) is 23.8 Å². The average Bonchev–Trinajstić information content (AvgIpc) is 2.94. The molecule has 1 amide bonds. The highest BCUT2D eigenvalue weighted by Gasteiger charge is 2.21. The Morgan fingerprint density at radius 3 is 2.60 bits per heavy atom. The first-order valence-electron chi connectivity index (χ1n) is 6.10. The molecule has 0 spiro atoms. The summed E-state index contributed by atoms with van der Waals surface area (Å²) in [6.07, 6.45) is 0.152. The lowest BCUT2D eigenvalue weighted by molar-refractivity contribution is -0.140. The third kappa shape index (κ3) is 4.50. The van der Waals surface area contributed by atoms with E-state index in [9.17, 15) is 9.59 Å². The zero-order chi connectivity index (χ0) is 15.0. The SMILES string of the molecule is COCCN(CCC(=O)OC)C(=O)c1sccc1OC. The molecule has 0 fully saturated rings. The molecule has 1 aromatic heterocycles. The van der Waals surface area contributed by atoms with Crippen LogP contribution in [0.4, 0.5) is 0 Å². The molecular formula is C13H19NO5S. The summed E-state index contributed by atoms with van der Waals surface area (Å²) in [6.45, 7) is 1.10. The normalized spacial score (nSPS) is 10.2. The topological polar surface area (TPSA) is 65.1 Å². The fourth-order valence-electron chi connectivity index (χ4n) is 1.60. The van der Waals surface area contributed by atoms with Crippen molar-refractivity contribution >= 4 is 23.2 Å². The van der Waals surface area contributed by atoms with Gasteiger partial charge in [0.15, 0.2) is 0 Å². The molecule has 0 saturated heterocycles. The molecule has 0 unspecified atom stereocenters. The van der Waals surface area contributed by atoms with Crippen LogP contribution in [0.2, 0.25) is 0 Å². The van der Waals surface area contributed by atoms with E-state index in [1.165, 1.54) is 25.6 Å². The molecule has 112 valence electrons. The Kier molecular flexibility index (Phi) is 7.03. The summed E-state index contributed by atoms with van der Waals surface area (Å²) in [6, 6.07) is 1.74. The van der Waals surface area contributed by atoms with Crippen molar-refractivity contribution in [2.24, 2.45) is 0 Å². The number of nitrogens with zero attached hydrogens (tertiary/aromatic N) is 1. The maximum Gasteiger partial charge on any atom is 0.307 e. The van der Waals surface area contributed by atoms with Crippen LogP contribution >= 0.6 is 11.3 Å². The number of thiophene rings is 1. The van der Waals surface area contributed by atoms with Crippen molar-refractivity contribution in [3.05, 3.63) is 16.3 Å². The first-order chi connectivity index (χ1) is 9.63. The van der Waals surface area contributed by atoms with Crippen molar-refractivity contribution in [3.8, 4) is 5.75 Å². The summed E-state index contributed by atoms with van der Waals surface area (Å²) in [7, 11) is 4.41. The Labute approximate surface area is 122 Å². The largest absolute Gasteiger partial charge is 0.495 e. The second-order valence-electron chi connectivity index (χ2n) is 3.93. The molecule has 0 aliphatic carbocycles. The lowest BCUT2D eigenvalue weighted by Crippen LogP contribution is -2.35. The Bertz CT molecular complexity index is 446. The van der Waals surface area contributed by atoms with Crippen molar-refractivity contribution < 1.29 is 23.8 Å². The number of hydrogen-bond acceptors (Lipinski definition) is 6. The summed E-state index contributed by atoms with van der Waals surface area (Å²) in [5.74, 6) is 0.0247. The maximum atomic E-state index is 12.4. The first-order valence-corrected chi connectivity index (χ1v) is 6.98. The van der Waals surface area contributed by atoms with E-state index in [-0.39, 0.29) is 24.8 Å². The Morgan fingerprint density at radius 1 is 1.25 bits per heavy atom. The van der Waals surface area contributed by atoms with Gasteiger partial charge in [-0.25, -0.2) is 0 Å². The third-order valence-electron chi connectivity index (χ3n) is 2.71. The molecule has 20 heavy (non-hydrogen) atoms. The predicted molar refractivity (Wildman–Crippen MR) is 75.3 cm³/mol. The van der Waals surface area contributed by atoms with Gasteiger partial charge in [0.1, 0.15) is 10.6 Å². The highest BCUT2D eigenvalue weighted by Crippen LogP contribution is 2.26. The summed E-state index contributed by atoms with van der Waals surface area (Å²) >= 11 is 1.31. The lowest BCUT2D eigenvalue weighted by atomic mass is 10.3. The highest BCUT2D eigenvalue weighted by atomic mass is 32.1. The number of amides is 1. The molecule has 0 atom stereocenters. The van der Waals surface area contributed by atoms with Gasteiger partial charge in [0, 0.05) is 20.2 Å². The van der Waals surface area contributed by atoms with Crippen LogP contribution in [-0.4, -0.2) is 57.8 Å². The Hall–Kier alpha value is -1.60. The monoisotopic (exact) mass is 301 g/mol. The van der Waals surface area contributed by atoms with E-state index >= 15 is 0 Å². The number of carbonyl (C=O) groups is 2. The smallest absolute Gasteiger partial charge is 0.307 e. The number of hydrogen-bond donors (Lipinski definition) is 0. The lowest BCUT2D eigenvalue weighted by Gasteiger charge is -2.21. The molecule has 0 bridgehead atoms. The van der Waals surface area contributed by atoms with Crippen molar-refractivity contribution in [1.29, 1.82) is 0 Å². The molecule has 0 radical (unpaired) electrons. The molecule has 0 aliphatic heterocycles. The van der Waals surface area contributed by atoms with Gasteiger partial charge >= 0.3 is 5.97 Å². The van der Waals surface area contributed by atoms with Gasteiger partial charge in [-0.15, -0.1) is 11.3 Å². The molecule has 6 nitrogen and oxygen atoms in total. The van der Waals surface area contributed by atoms with Crippen LogP contribution in [0.1, 0.15) is 16.1 Å². The molecule has 0 aromatic carbocycles. The van der Waals surface area contributed by atoms with Crippen LogP contribution in [0, 0.1) is 0 Å². The van der Waals surface area contributed by atoms with Gasteiger partial charge in [-0.1, -0.05) is 0 Å². The van der Waals surface area contributed by atoms with Crippen LogP contribution < -0.4 is 4.74 Å². The fourth-order valence-corrected chi connectivity index (χ4v) is 2.43.